The van der Waals surface area contributed by atoms with Crippen LogP contribution in [0.15, 0.2) is 132 Å². The first kappa shape index (κ1) is 33.2. The first-order chi connectivity index (χ1) is 22.3. The number of esters is 2. The molecule has 0 aliphatic heterocycles. The predicted molar refractivity (Wildman–Crippen MR) is 182 cm³/mol. The SMILES string of the molecule is COC(=O)c1ccc(Br)cc1NC(=O)c1ccccc1.COC(=O)c1ccc(Nc2ccccc2)cc1NC(=O)c1ccccc1. The lowest BCUT2D eigenvalue weighted by molar-refractivity contribution is 0.0592. The molecule has 5 aromatic carbocycles. The number of amides is 2. The fraction of sp³-hybridized carbons (Fsp3) is 0.0556. The summed E-state index contributed by atoms with van der Waals surface area (Å²) in [5, 5.41) is 8.74. The van der Waals surface area contributed by atoms with Gasteiger partial charge in [-0.3, -0.25) is 9.59 Å². The van der Waals surface area contributed by atoms with Crippen LogP contribution in [0.2, 0.25) is 0 Å². The van der Waals surface area contributed by atoms with E-state index in [2.05, 4.69) is 31.9 Å². The van der Waals surface area contributed by atoms with Crippen molar-refractivity contribution < 1.29 is 28.7 Å². The van der Waals surface area contributed by atoms with Gasteiger partial charge < -0.3 is 25.4 Å². The normalized spacial score (nSPS) is 9.98. The van der Waals surface area contributed by atoms with E-state index in [0.29, 0.717) is 28.1 Å². The van der Waals surface area contributed by atoms with Crippen molar-refractivity contribution >= 4 is 62.4 Å². The van der Waals surface area contributed by atoms with Crippen molar-refractivity contribution in [1.82, 2.24) is 0 Å². The second-order valence-electron chi connectivity index (χ2n) is 9.56. The summed E-state index contributed by atoms with van der Waals surface area (Å²) < 4.78 is 10.3. The molecule has 0 aliphatic rings. The molecule has 5 aromatic rings. The quantitative estimate of drug-likeness (QED) is 0.142. The van der Waals surface area contributed by atoms with Gasteiger partial charge in [0.2, 0.25) is 0 Å². The number of nitrogens with one attached hydrogen (secondary N) is 3. The third-order valence-corrected chi connectivity index (χ3v) is 6.94. The zero-order valence-corrected chi connectivity index (χ0v) is 26.5. The monoisotopic (exact) mass is 679 g/mol. The van der Waals surface area contributed by atoms with E-state index < -0.39 is 11.9 Å². The highest BCUT2D eigenvalue weighted by Crippen LogP contribution is 2.26. The Morgan fingerprint density at radius 3 is 1.43 bits per heavy atom. The van der Waals surface area contributed by atoms with Gasteiger partial charge in [0.15, 0.2) is 0 Å². The number of hydrogen-bond acceptors (Lipinski definition) is 7. The fourth-order valence-corrected chi connectivity index (χ4v) is 4.54. The van der Waals surface area contributed by atoms with E-state index in [-0.39, 0.29) is 17.4 Å². The van der Waals surface area contributed by atoms with Gasteiger partial charge in [-0.25, -0.2) is 9.59 Å². The van der Waals surface area contributed by atoms with Gasteiger partial charge in [0.05, 0.1) is 36.7 Å². The number of ether oxygens (including phenoxy) is 2. The molecule has 0 saturated carbocycles. The van der Waals surface area contributed by atoms with E-state index in [1.165, 1.54) is 14.2 Å². The van der Waals surface area contributed by atoms with Gasteiger partial charge in [0.1, 0.15) is 0 Å². The first-order valence-corrected chi connectivity index (χ1v) is 14.7. The Bertz CT molecular complexity index is 1820. The number of benzene rings is 5. The van der Waals surface area contributed by atoms with Crippen molar-refractivity contribution in [2.45, 2.75) is 0 Å². The molecule has 0 bridgehead atoms. The van der Waals surface area contributed by atoms with Crippen LogP contribution in [0.4, 0.5) is 22.7 Å². The molecule has 0 aliphatic carbocycles. The van der Waals surface area contributed by atoms with Crippen LogP contribution in [0.3, 0.4) is 0 Å². The van der Waals surface area contributed by atoms with Gasteiger partial charge >= 0.3 is 11.9 Å². The van der Waals surface area contributed by atoms with Gasteiger partial charge in [-0.15, -0.1) is 0 Å². The lowest BCUT2D eigenvalue weighted by Gasteiger charge is -2.13. The molecule has 0 heterocycles. The molecular weight excluding hydrogens is 650 g/mol. The summed E-state index contributed by atoms with van der Waals surface area (Å²) in [5.41, 5.74) is 4.04. The Morgan fingerprint density at radius 2 is 0.957 bits per heavy atom. The maximum absolute atomic E-state index is 12.5. The average molecular weight is 681 g/mol. The molecular formula is C36H30BrN3O6. The Hall–Kier alpha value is -5.74. The maximum atomic E-state index is 12.5. The van der Waals surface area contributed by atoms with Crippen LogP contribution in [-0.2, 0) is 9.47 Å². The minimum atomic E-state index is -0.514. The number of hydrogen-bond donors (Lipinski definition) is 3. The van der Waals surface area contributed by atoms with Gasteiger partial charge in [0, 0.05) is 27.0 Å². The van der Waals surface area contributed by atoms with Crippen LogP contribution in [0.5, 0.6) is 0 Å². The third-order valence-electron chi connectivity index (χ3n) is 6.44. The van der Waals surface area contributed by atoms with E-state index in [0.717, 1.165) is 15.8 Å². The molecule has 0 unspecified atom stereocenters. The lowest BCUT2D eigenvalue weighted by Crippen LogP contribution is -2.15. The molecule has 9 nitrogen and oxygen atoms in total. The van der Waals surface area contributed by atoms with Crippen molar-refractivity contribution in [2.24, 2.45) is 0 Å². The van der Waals surface area contributed by atoms with E-state index in [4.69, 9.17) is 9.47 Å². The Morgan fingerprint density at radius 1 is 0.522 bits per heavy atom. The Labute approximate surface area is 274 Å². The molecule has 0 radical (unpaired) electrons. The number of methoxy groups -OCH3 is 2. The number of carbonyl (C=O) groups is 4. The summed E-state index contributed by atoms with van der Waals surface area (Å²) >= 11 is 3.31. The van der Waals surface area contributed by atoms with E-state index >= 15 is 0 Å². The molecule has 232 valence electrons. The zero-order chi connectivity index (χ0) is 32.9. The Kier molecular flexibility index (Phi) is 11.8. The second kappa shape index (κ2) is 16.4. The largest absolute Gasteiger partial charge is 0.465 e. The summed E-state index contributed by atoms with van der Waals surface area (Å²) in [4.78, 5) is 48.3. The fourth-order valence-electron chi connectivity index (χ4n) is 4.18. The summed E-state index contributed by atoms with van der Waals surface area (Å²) in [6.45, 7) is 0. The molecule has 46 heavy (non-hydrogen) atoms. The third kappa shape index (κ3) is 9.13. The minimum Gasteiger partial charge on any atom is -0.465 e. The molecule has 0 aromatic heterocycles. The number of anilines is 4. The van der Waals surface area contributed by atoms with Gasteiger partial charge in [-0.2, -0.15) is 0 Å². The van der Waals surface area contributed by atoms with E-state index in [9.17, 15) is 19.2 Å². The minimum absolute atomic E-state index is 0.283. The molecule has 0 spiro atoms. The first-order valence-electron chi connectivity index (χ1n) is 13.9. The summed E-state index contributed by atoms with van der Waals surface area (Å²) in [5.74, 6) is -1.60. The van der Waals surface area contributed by atoms with Crippen molar-refractivity contribution in [1.29, 1.82) is 0 Å². The molecule has 0 saturated heterocycles. The van der Waals surface area contributed by atoms with E-state index in [1.807, 2.05) is 42.5 Å². The summed E-state index contributed by atoms with van der Waals surface area (Å²) in [6, 6.07) is 37.3. The molecule has 5 rings (SSSR count). The topological polar surface area (TPSA) is 123 Å². The van der Waals surface area contributed by atoms with Gasteiger partial charge in [0.25, 0.3) is 11.8 Å². The van der Waals surface area contributed by atoms with Crippen LogP contribution in [0, 0.1) is 0 Å². The van der Waals surface area contributed by atoms with E-state index in [1.54, 1.807) is 84.9 Å². The number of rotatable bonds is 8. The number of halogens is 1. The molecule has 3 N–H and O–H groups in total. The maximum Gasteiger partial charge on any atom is 0.339 e. The van der Waals surface area contributed by atoms with Crippen molar-refractivity contribution in [3.05, 3.63) is 154 Å². The summed E-state index contributed by atoms with van der Waals surface area (Å²) in [6.07, 6.45) is 0. The zero-order valence-electron chi connectivity index (χ0n) is 25.0. The predicted octanol–water partition coefficient (Wildman–Crippen LogP) is 7.96. The van der Waals surface area contributed by atoms with Gasteiger partial charge in [-0.05, 0) is 72.8 Å². The summed E-state index contributed by atoms with van der Waals surface area (Å²) in [7, 11) is 2.61. The molecule has 10 heteroatoms. The lowest BCUT2D eigenvalue weighted by atomic mass is 10.1. The highest BCUT2D eigenvalue weighted by molar-refractivity contribution is 9.10. The van der Waals surface area contributed by atoms with Gasteiger partial charge in [-0.1, -0.05) is 70.5 Å². The second-order valence-corrected chi connectivity index (χ2v) is 10.5. The van der Waals surface area contributed by atoms with Crippen LogP contribution < -0.4 is 16.0 Å². The number of para-hydroxylation sites is 1. The molecule has 2 amide bonds. The number of carbonyl (C=O) groups excluding carboxylic acids is 4. The van der Waals surface area contributed by atoms with Crippen LogP contribution in [0.1, 0.15) is 41.4 Å². The van der Waals surface area contributed by atoms with Crippen molar-refractivity contribution in [3.8, 4) is 0 Å². The highest BCUT2D eigenvalue weighted by atomic mass is 79.9. The molecule has 0 atom stereocenters. The smallest absolute Gasteiger partial charge is 0.339 e. The Balaban J connectivity index is 0.000000216. The highest BCUT2D eigenvalue weighted by Gasteiger charge is 2.17. The van der Waals surface area contributed by atoms with Crippen LogP contribution in [0.25, 0.3) is 0 Å². The molecule has 0 fully saturated rings. The standard InChI is InChI=1S/C21H18N2O3.C15H12BrNO3/c1-26-21(25)18-13-12-17(22-16-10-6-3-7-11-16)14-19(18)23-20(24)15-8-4-2-5-9-15;1-20-15(19)12-8-7-11(16)9-13(12)17-14(18)10-5-3-2-4-6-10/h2-14,22H,1H3,(H,23,24);2-9H,1H3,(H,17,18). The van der Waals surface area contributed by atoms with Crippen LogP contribution in [-0.4, -0.2) is 38.0 Å². The average Bonchev–Trinajstić information content (AvgIpc) is 3.09. The van der Waals surface area contributed by atoms with Crippen molar-refractivity contribution in [3.63, 3.8) is 0 Å². The van der Waals surface area contributed by atoms with Crippen LogP contribution >= 0.6 is 15.9 Å². The van der Waals surface area contributed by atoms with Crippen molar-refractivity contribution in [2.75, 3.05) is 30.2 Å².